The Morgan fingerprint density at radius 1 is 0.862 bits per heavy atom. The predicted molar refractivity (Wildman–Crippen MR) is 115 cm³/mol. The highest BCUT2D eigenvalue weighted by Crippen LogP contribution is 2.19. The van der Waals surface area contributed by atoms with Crippen LogP contribution in [0.5, 0.6) is 5.75 Å². The van der Waals surface area contributed by atoms with Gasteiger partial charge in [-0.25, -0.2) is 0 Å². The summed E-state index contributed by atoms with van der Waals surface area (Å²) in [5.41, 5.74) is 3.56. The van der Waals surface area contributed by atoms with Crippen molar-refractivity contribution < 1.29 is 9.66 Å². The molecule has 0 saturated heterocycles. The molecular formula is C24H26N2O3. The first-order valence-electron chi connectivity index (χ1n) is 9.76. The zero-order chi connectivity index (χ0) is 20.5. The van der Waals surface area contributed by atoms with Gasteiger partial charge in [-0.1, -0.05) is 54.6 Å². The van der Waals surface area contributed by atoms with E-state index in [1.165, 1.54) is 11.6 Å². The quantitative estimate of drug-likeness (QED) is 0.351. The fourth-order valence-electron chi connectivity index (χ4n) is 3.42. The second-order valence-corrected chi connectivity index (χ2v) is 7.08. The van der Waals surface area contributed by atoms with Crippen LogP contribution in [0, 0.1) is 10.1 Å². The van der Waals surface area contributed by atoms with E-state index in [1.54, 1.807) is 19.2 Å². The van der Waals surface area contributed by atoms with Crippen molar-refractivity contribution in [3.8, 4) is 5.75 Å². The standard InChI is InChI=1S/C24H26N2O3/c1-29-24-14-6-11-22(17-24)19-25(15-7-12-20-8-3-2-4-9-20)18-21-10-5-13-23(16-21)26(27)28/h2-6,8-11,13-14,16-17H,7,12,15,18-19H2,1H3. The van der Waals surface area contributed by atoms with Crippen molar-refractivity contribution in [2.45, 2.75) is 25.9 Å². The molecule has 0 fully saturated rings. The normalized spacial score (nSPS) is 10.8. The van der Waals surface area contributed by atoms with Gasteiger partial charge < -0.3 is 4.74 Å². The number of non-ortho nitro benzene ring substituents is 1. The van der Waals surface area contributed by atoms with E-state index in [0.717, 1.165) is 42.8 Å². The molecular weight excluding hydrogens is 364 g/mol. The van der Waals surface area contributed by atoms with Crippen LogP contribution >= 0.6 is 0 Å². The Balaban J connectivity index is 1.71. The molecule has 3 rings (SSSR count). The monoisotopic (exact) mass is 390 g/mol. The summed E-state index contributed by atoms with van der Waals surface area (Å²) in [6.45, 7) is 2.32. The molecule has 0 aliphatic rings. The van der Waals surface area contributed by atoms with Crippen LogP contribution in [0.1, 0.15) is 23.1 Å². The number of rotatable bonds is 10. The third-order valence-electron chi connectivity index (χ3n) is 4.85. The first-order chi connectivity index (χ1) is 14.1. The van der Waals surface area contributed by atoms with Gasteiger partial charge >= 0.3 is 0 Å². The van der Waals surface area contributed by atoms with Gasteiger partial charge in [0.05, 0.1) is 12.0 Å². The van der Waals surface area contributed by atoms with Crippen LogP contribution < -0.4 is 4.74 Å². The number of hydrogen-bond acceptors (Lipinski definition) is 4. The summed E-state index contributed by atoms with van der Waals surface area (Å²) in [7, 11) is 1.67. The molecule has 0 heterocycles. The minimum Gasteiger partial charge on any atom is -0.497 e. The molecule has 0 amide bonds. The van der Waals surface area contributed by atoms with Gasteiger partial charge in [0.2, 0.25) is 0 Å². The minimum atomic E-state index is -0.342. The van der Waals surface area contributed by atoms with Crippen LogP contribution in [0.3, 0.4) is 0 Å². The topological polar surface area (TPSA) is 55.6 Å². The Morgan fingerprint density at radius 3 is 2.21 bits per heavy atom. The number of nitro groups is 1. The smallest absolute Gasteiger partial charge is 0.269 e. The van der Waals surface area contributed by atoms with Crippen LogP contribution in [-0.2, 0) is 19.5 Å². The highest BCUT2D eigenvalue weighted by Gasteiger charge is 2.11. The Hall–Kier alpha value is -3.18. The fourth-order valence-corrected chi connectivity index (χ4v) is 3.42. The molecule has 0 saturated carbocycles. The number of nitro benzene ring substituents is 1. The van der Waals surface area contributed by atoms with Crippen LogP contribution in [0.2, 0.25) is 0 Å². The molecule has 5 heteroatoms. The molecule has 0 aliphatic heterocycles. The first kappa shape index (κ1) is 20.6. The van der Waals surface area contributed by atoms with Crippen LogP contribution in [0.4, 0.5) is 5.69 Å². The van der Waals surface area contributed by atoms with E-state index in [0.29, 0.717) is 6.54 Å². The van der Waals surface area contributed by atoms with Crippen molar-refractivity contribution in [2.75, 3.05) is 13.7 Å². The van der Waals surface area contributed by atoms with E-state index in [1.807, 2.05) is 30.3 Å². The molecule has 150 valence electrons. The molecule has 0 radical (unpaired) electrons. The highest BCUT2D eigenvalue weighted by atomic mass is 16.6. The van der Waals surface area contributed by atoms with Gasteiger partial charge in [0, 0.05) is 25.2 Å². The SMILES string of the molecule is COc1cccc(CN(CCCc2ccccc2)Cc2cccc([N+](=O)[O-])c2)c1. The maximum Gasteiger partial charge on any atom is 0.269 e. The van der Waals surface area contributed by atoms with E-state index >= 15 is 0 Å². The Bertz CT molecular complexity index is 928. The summed E-state index contributed by atoms with van der Waals surface area (Å²) in [6, 6.07) is 25.4. The van der Waals surface area contributed by atoms with E-state index in [4.69, 9.17) is 4.74 Å². The molecule has 0 bridgehead atoms. The summed E-state index contributed by atoms with van der Waals surface area (Å²) in [4.78, 5) is 13.1. The highest BCUT2D eigenvalue weighted by molar-refractivity contribution is 5.34. The van der Waals surface area contributed by atoms with Gasteiger partial charge in [-0.05, 0) is 48.2 Å². The Kier molecular flexibility index (Phi) is 7.36. The number of hydrogen-bond donors (Lipinski definition) is 0. The molecule has 3 aromatic carbocycles. The van der Waals surface area contributed by atoms with E-state index < -0.39 is 0 Å². The summed E-state index contributed by atoms with van der Waals surface area (Å²) in [6.07, 6.45) is 2.02. The number of benzene rings is 3. The molecule has 0 atom stereocenters. The average molecular weight is 390 g/mol. The molecule has 0 N–H and O–H groups in total. The molecule has 0 spiro atoms. The van der Waals surface area contributed by atoms with Crippen molar-refractivity contribution in [3.05, 3.63) is 106 Å². The maximum atomic E-state index is 11.1. The van der Waals surface area contributed by atoms with Crippen LogP contribution in [0.15, 0.2) is 78.9 Å². The lowest BCUT2D eigenvalue weighted by Gasteiger charge is -2.23. The van der Waals surface area contributed by atoms with Crippen molar-refractivity contribution in [3.63, 3.8) is 0 Å². The average Bonchev–Trinajstić information content (AvgIpc) is 2.75. The van der Waals surface area contributed by atoms with Crippen molar-refractivity contribution in [1.29, 1.82) is 0 Å². The molecule has 29 heavy (non-hydrogen) atoms. The second kappa shape index (κ2) is 10.4. The van der Waals surface area contributed by atoms with Gasteiger partial charge in [0.15, 0.2) is 0 Å². The zero-order valence-electron chi connectivity index (χ0n) is 16.7. The number of ether oxygens (including phenoxy) is 1. The van der Waals surface area contributed by atoms with Gasteiger partial charge in [0.25, 0.3) is 5.69 Å². The second-order valence-electron chi connectivity index (χ2n) is 7.08. The van der Waals surface area contributed by atoms with Crippen molar-refractivity contribution >= 4 is 5.69 Å². The molecule has 0 unspecified atom stereocenters. The fraction of sp³-hybridized carbons (Fsp3) is 0.250. The Labute approximate surface area is 171 Å². The molecule has 0 aromatic heterocycles. The van der Waals surface area contributed by atoms with Gasteiger partial charge in [-0.15, -0.1) is 0 Å². The number of aryl methyl sites for hydroxylation is 1. The number of methoxy groups -OCH3 is 1. The van der Waals surface area contributed by atoms with Crippen molar-refractivity contribution in [1.82, 2.24) is 4.90 Å². The lowest BCUT2D eigenvalue weighted by atomic mass is 10.1. The van der Waals surface area contributed by atoms with E-state index in [2.05, 4.69) is 35.2 Å². The summed E-state index contributed by atoms with van der Waals surface area (Å²) in [5, 5.41) is 11.1. The first-order valence-corrected chi connectivity index (χ1v) is 9.76. The van der Waals surface area contributed by atoms with E-state index in [9.17, 15) is 10.1 Å². The molecule has 5 nitrogen and oxygen atoms in total. The predicted octanol–water partition coefficient (Wildman–Crippen LogP) is 5.24. The van der Waals surface area contributed by atoms with Crippen molar-refractivity contribution in [2.24, 2.45) is 0 Å². The van der Waals surface area contributed by atoms with E-state index in [-0.39, 0.29) is 10.6 Å². The molecule has 3 aromatic rings. The largest absolute Gasteiger partial charge is 0.497 e. The zero-order valence-corrected chi connectivity index (χ0v) is 16.7. The molecule has 0 aliphatic carbocycles. The third kappa shape index (κ3) is 6.43. The summed E-state index contributed by atoms with van der Waals surface area (Å²) < 4.78 is 5.34. The Morgan fingerprint density at radius 2 is 1.52 bits per heavy atom. The third-order valence-corrected chi connectivity index (χ3v) is 4.85. The summed E-state index contributed by atoms with van der Waals surface area (Å²) in [5.74, 6) is 0.835. The van der Waals surface area contributed by atoms with Gasteiger partial charge in [0.1, 0.15) is 5.75 Å². The minimum absolute atomic E-state index is 0.133. The maximum absolute atomic E-state index is 11.1. The van der Waals surface area contributed by atoms with Crippen LogP contribution in [0.25, 0.3) is 0 Å². The van der Waals surface area contributed by atoms with Gasteiger partial charge in [-0.3, -0.25) is 15.0 Å². The lowest BCUT2D eigenvalue weighted by molar-refractivity contribution is -0.384. The summed E-state index contributed by atoms with van der Waals surface area (Å²) >= 11 is 0. The lowest BCUT2D eigenvalue weighted by Crippen LogP contribution is -2.24. The number of nitrogens with zero attached hydrogens (tertiary/aromatic N) is 2. The van der Waals surface area contributed by atoms with Gasteiger partial charge in [-0.2, -0.15) is 0 Å². The van der Waals surface area contributed by atoms with Crippen LogP contribution in [-0.4, -0.2) is 23.5 Å².